The van der Waals surface area contributed by atoms with Crippen molar-refractivity contribution >= 4 is 23.1 Å². The molecule has 25 heavy (non-hydrogen) atoms. The van der Waals surface area contributed by atoms with E-state index in [1.165, 1.54) is 17.8 Å². The summed E-state index contributed by atoms with van der Waals surface area (Å²) in [6.45, 7) is 0. The Morgan fingerprint density at radius 1 is 1.00 bits per heavy atom. The number of nitro groups is 1. The van der Waals surface area contributed by atoms with Gasteiger partial charge in [0.15, 0.2) is 0 Å². The maximum atomic E-state index is 11.2. The molecular weight excluding hydrogens is 336 g/mol. The molecule has 0 bridgehead atoms. The van der Waals surface area contributed by atoms with E-state index in [0.29, 0.717) is 11.5 Å². The third-order valence-corrected chi connectivity index (χ3v) is 4.46. The van der Waals surface area contributed by atoms with Gasteiger partial charge in [-0.2, -0.15) is 0 Å². The second kappa shape index (κ2) is 7.27. The Morgan fingerprint density at radius 3 is 2.36 bits per heavy atom. The van der Waals surface area contributed by atoms with E-state index < -0.39 is 4.92 Å². The van der Waals surface area contributed by atoms with Gasteiger partial charge in [-0.15, -0.1) is 11.8 Å². The van der Waals surface area contributed by atoms with Gasteiger partial charge in [0.05, 0.1) is 15.9 Å². The summed E-state index contributed by atoms with van der Waals surface area (Å²) in [5.74, 6) is 1.04. The zero-order valence-electron chi connectivity index (χ0n) is 13.5. The summed E-state index contributed by atoms with van der Waals surface area (Å²) in [4.78, 5) is 11.4. The van der Waals surface area contributed by atoms with E-state index in [-0.39, 0.29) is 11.4 Å². The van der Waals surface area contributed by atoms with Gasteiger partial charge in [-0.25, -0.2) is 0 Å². The largest absolute Gasteiger partial charge is 0.455 e. The zero-order valence-corrected chi connectivity index (χ0v) is 14.3. The molecule has 0 heterocycles. The first-order chi connectivity index (χ1) is 12.1. The van der Waals surface area contributed by atoms with Crippen LogP contribution in [-0.2, 0) is 0 Å². The van der Waals surface area contributed by atoms with Gasteiger partial charge in [0.1, 0.15) is 17.2 Å². The minimum atomic E-state index is -0.505. The summed E-state index contributed by atoms with van der Waals surface area (Å²) in [7, 11) is 0. The minimum Gasteiger partial charge on any atom is -0.455 e. The lowest BCUT2D eigenvalue weighted by atomic mass is 10.0. The van der Waals surface area contributed by atoms with E-state index in [4.69, 9.17) is 10.5 Å². The molecule has 3 aromatic carbocycles. The van der Waals surface area contributed by atoms with Crippen LogP contribution >= 0.6 is 11.8 Å². The Hall–Kier alpha value is -2.99. The summed E-state index contributed by atoms with van der Waals surface area (Å²) in [5, 5.41) is 11.2. The summed E-state index contributed by atoms with van der Waals surface area (Å²) in [5.41, 5.74) is 7.65. The maximum Gasteiger partial charge on any atom is 0.295 e. The number of ether oxygens (including phenoxy) is 1. The van der Waals surface area contributed by atoms with Gasteiger partial charge in [0.2, 0.25) is 0 Å². The zero-order chi connectivity index (χ0) is 17.8. The maximum absolute atomic E-state index is 11.2. The van der Waals surface area contributed by atoms with Crippen LogP contribution in [0, 0.1) is 10.1 Å². The van der Waals surface area contributed by atoms with E-state index in [0.717, 1.165) is 16.0 Å². The van der Waals surface area contributed by atoms with E-state index in [9.17, 15) is 10.1 Å². The Kier molecular flexibility index (Phi) is 4.90. The molecule has 0 fully saturated rings. The van der Waals surface area contributed by atoms with Crippen LogP contribution in [0.3, 0.4) is 0 Å². The molecule has 0 aromatic heterocycles. The molecule has 2 N–H and O–H groups in total. The molecule has 5 nitrogen and oxygen atoms in total. The van der Waals surface area contributed by atoms with Gasteiger partial charge < -0.3 is 10.5 Å². The third-order valence-electron chi connectivity index (χ3n) is 3.70. The first-order valence-electron chi connectivity index (χ1n) is 7.54. The lowest BCUT2D eigenvalue weighted by Gasteiger charge is -2.14. The topological polar surface area (TPSA) is 78.4 Å². The predicted octanol–water partition coefficient (Wildman–Crippen LogP) is 5.36. The van der Waals surface area contributed by atoms with Gasteiger partial charge in [0, 0.05) is 5.56 Å². The highest BCUT2D eigenvalue weighted by atomic mass is 32.2. The van der Waals surface area contributed by atoms with Crippen molar-refractivity contribution in [2.24, 2.45) is 0 Å². The van der Waals surface area contributed by atoms with Gasteiger partial charge in [-0.1, -0.05) is 48.5 Å². The average molecular weight is 352 g/mol. The number of rotatable bonds is 5. The number of hydrogen-bond acceptors (Lipinski definition) is 5. The Bertz CT molecular complexity index is 914. The fraction of sp³-hybridized carbons (Fsp3) is 0.0526. The van der Waals surface area contributed by atoms with Gasteiger partial charge in [-0.05, 0) is 24.0 Å². The number of para-hydroxylation sites is 1. The van der Waals surface area contributed by atoms with E-state index in [2.05, 4.69) is 0 Å². The van der Waals surface area contributed by atoms with Crippen LogP contribution < -0.4 is 10.5 Å². The highest BCUT2D eigenvalue weighted by Crippen LogP contribution is 2.40. The molecule has 0 atom stereocenters. The summed E-state index contributed by atoms with van der Waals surface area (Å²) >= 11 is 1.42. The number of nitrogens with zero attached hydrogens (tertiary/aromatic N) is 1. The summed E-state index contributed by atoms with van der Waals surface area (Å²) in [6, 6.07) is 20.4. The SMILES string of the molecule is CSc1cc(N)c([N+](=O)[O-])cc1Oc1ccccc1-c1ccccc1. The number of thioether (sulfide) groups is 1. The molecule has 6 heteroatoms. The van der Waals surface area contributed by atoms with Crippen molar-refractivity contribution in [3.05, 3.63) is 76.8 Å². The molecule has 0 unspecified atom stereocenters. The molecule has 0 saturated carbocycles. The lowest BCUT2D eigenvalue weighted by molar-refractivity contribution is -0.384. The number of nitrogen functional groups attached to an aromatic ring is 1. The number of hydrogen-bond donors (Lipinski definition) is 1. The van der Waals surface area contributed by atoms with Crippen molar-refractivity contribution in [3.8, 4) is 22.6 Å². The fourth-order valence-corrected chi connectivity index (χ4v) is 3.04. The normalized spacial score (nSPS) is 10.4. The van der Waals surface area contributed by atoms with Crippen LogP contribution in [0.25, 0.3) is 11.1 Å². The van der Waals surface area contributed by atoms with Crippen molar-refractivity contribution < 1.29 is 9.66 Å². The standard InChI is InChI=1S/C19H16N2O3S/c1-25-19-11-15(20)16(21(22)23)12-18(19)24-17-10-6-5-9-14(17)13-7-3-2-4-8-13/h2-12H,20H2,1H3. The van der Waals surface area contributed by atoms with Crippen LogP contribution in [0.1, 0.15) is 0 Å². The summed E-state index contributed by atoms with van der Waals surface area (Å²) in [6.07, 6.45) is 1.87. The van der Waals surface area contributed by atoms with Crippen LogP contribution in [0.4, 0.5) is 11.4 Å². The van der Waals surface area contributed by atoms with Crippen molar-refractivity contribution in [1.82, 2.24) is 0 Å². The number of anilines is 1. The van der Waals surface area contributed by atoms with E-state index in [1.54, 1.807) is 6.07 Å². The van der Waals surface area contributed by atoms with Crippen molar-refractivity contribution in [2.75, 3.05) is 12.0 Å². The molecule has 3 rings (SSSR count). The minimum absolute atomic E-state index is 0.123. The molecule has 0 amide bonds. The van der Waals surface area contributed by atoms with Crippen LogP contribution in [0.15, 0.2) is 71.6 Å². The average Bonchev–Trinajstić information content (AvgIpc) is 2.63. The molecule has 126 valence electrons. The summed E-state index contributed by atoms with van der Waals surface area (Å²) < 4.78 is 6.05. The Labute approximate surface area is 149 Å². The smallest absolute Gasteiger partial charge is 0.295 e. The first-order valence-corrected chi connectivity index (χ1v) is 8.77. The molecule has 0 aliphatic carbocycles. The first kappa shape index (κ1) is 16.9. The van der Waals surface area contributed by atoms with E-state index >= 15 is 0 Å². The van der Waals surface area contributed by atoms with Crippen LogP contribution in [0.2, 0.25) is 0 Å². The second-order valence-electron chi connectivity index (χ2n) is 5.28. The van der Waals surface area contributed by atoms with Crippen molar-refractivity contribution in [2.45, 2.75) is 4.90 Å². The van der Waals surface area contributed by atoms with Crippen LogP contribution in [0.5, 0.6) is 11.5 Å². The van der Waals surface area contributed by atoms with Crippen LogP contribution in [-0.4, -0.2) is 11.2 Å². The Balaban J connectivity index is 2.07. The van der Waals surface area contributed by atoms with Gasteiger partial charge >= 0.3 is 0 Å². The molecule has 3 aromatic rings. The highest BCUT2D eigenvalue weighted by Gasteiger charge is 2.18. The quantitative estimate of drug-likeness (QED) is 0.289. The monoisotopic (exact) mass is 352 g/mol. The molecule has 0 spiro atoms. The molecule has 0 saturated heterocycles. The molecule has 0 aliphatic rings. The van der Waals surface area contributed by atoms with Gasteiger partial charge in [0.25, 0.3) is 5.69 Å². The second-order valence-corrected chi connectivity index (χ2v) is 6.13. The third kappa shape index (κ3) is 3.59. The number of nitro benzene ring substituents is 1. The Morgan fingerprint density at radius 2 is 1.68 bits per heavy atom. The lowest BCUT2D eigenvalue weighted by Crippen LogP contribution is -1.98. The van der Waals surface area contributed by atoms with Gasteiger partial charge in [-0.3, -0.25) is 10.1 Å². The molecule has 0 radical (unpaired) electrons. The predicted molar refractivity (Wildman–Crippen MR) is 101 cm³/mol. The molecule has 0 aliphatic heterocycles. The van der Waals surface area contributed by atoms with E-state index in [1.807, 2.05) is 60.9 Å². The number of benzene rings is 3. The number of nitrogens with two attached hydrogens (primary N) is 1. The van der Waals surface area contributed by atoms with Crippen molar-refractivity contribution in [1.29, 1.82) is 0 Å². The highest BCUT2D eigenvalue weighted by molar-refractivity contribution is 7.98. The molecular formula is C19H16N2O3S. The fourth-order valence-electron chi connectivity index (χ4n) is 2.49. The van der Waals surface area contributed by atoms with Crippen molar-refractivity contribution in [3.63, 3.8) is 0 Å².